The van der Waals surface area contributed by atoms with Crippen LogP contribution in [0.3, 0.4) is 0 Å². The van der Waals surface area contributed by atoms with Gasteiger partial charge in [0.15, 0.2) is 0 Å². The van der Waals surface area contributed by atoms with Gasteiger partial charge in [-0.2, -0.15) is 5.26 Å². The minimum atomic E-state index is -1.14. The lowest BCUT2D eigenvalue weighted by atomic mass is 10.1. The first-order valence-electron chi connectivity index (χ1n) is 3.67. The number of aliphatic hydroxyl groups excluding tert-OH is 2. The van der Waals surface area contributed by atoms with Gasteiger partial charge in [-0.25, -0.2) is 4.39 Å². The summed E-state index contributed by atoms with van der Waals surface area (Å²) in [6.07, 6.45) is -1.14. The summed E-state index contributed by atoms with van der Waals surface area (Å²) in [5, 5.41) is 26.2. The lowest BCUT2D eigenvalue weighted by Gasteiger charge is -2.07. The van der Waals surface area contributed by atoms with Crippen LogP contribution in [0.5, 0.6) is 0 Å². The molecule has 0 aliphatic rings. The first kappa shape index (κ1) is 9.65. The van der Waals surface area contributed by atoms with Gasteiger partial charge in [-0.3, -0.25) is 0 Å². The maximum Gasteiger partial charge on any atom is 0.124 e. The number of nitrogens with zero attached hydrogens (tertiary/aromatic N) is 1. The van der Waals surface area contributed by atoms with Crippen LogP contribution in [0.1, 0.15) is 17.2 Å². The number of nitriles is 1. The van der Waals surface area contributed by atoms with Gasteiger partial charge in [-0.1, -0.05) is 0 Å². The monoisotopic (exact) mass is 181 g/mol. The summed E-state index contributed by atoms with van der Waals surface area (Å²) in [7, 11) is 0. The van der Waals surface area contributed by atoms with Crippen molar-refractivity contribution in [3.8, 4) is 6.07 Å². The van der Waals surface area contributed by atoms with Crippen LogP contribution in [0.25, 0.3) is 0 Å². The molecule has 13 heavy (non-hydrogen) atoms. The minimum absolute atomic E-state index is 0.127. The van der Waals surface area contributed by atoms with Crippen molar-refractivity contribution in [3.05, 3.63) is 35.1 Å². The summed E-state index contributed by atoms with van der Waals surface area (Å²) >= 11 is 0. The summed E-state index contributed by atoms with van der Waals surface area (Å²) in [5.74, 6) is -0.596. The average molecular weight is 181 g/mol. The van der Waals surface area contributed by atoms with Gasteiger partial charge in [0, 0.05) is 0 Å². The first-order valence-corrected chi connectivity index (χ1v) is 3.67. The van der Waals surface area contributed by atoms with Gasteiger partial charge in [0.25, 0.3) is 0 Å². The Hall–Kier alpha value is -1.44. The summed E-state index contributed by atoms with van der Waals surface area (Å²) in [5.41, 5.74) is 0.335. The highest BCUT2D eigenvalue weighted by atomic mass is 19.1. The fourth-order valence-electron chi connectivity index (χ4n) is 0.975. The van der Waals surface area contributed by atoms with Crippen molar-refractivity contribution in [2.24, 2.45) is 0 Å². The molecule has 0 fully saturated rings. The molecule has 1 aromatic carbocycles. The molecular weight excluding hydrogens is 173 g/mol. The Bertz CT molecular complexity index is 346. The maximum absolute atomic E-state index is 12.8. The molecule has 0 amide bonds. The van der Waals surface area contributed by atoms with Gasteiger partial charge in [0.2, 0.25) is 0 Å². The molecule has 2 N–H and O–H groups in total. The summed E-state index contributed by atoms with van der Waals surface area (Å²) < 4.78 is 12.8. The molecule has 1 atom stereocenters. The van der Waals surface area contributed by atoms with E-state index in [9.17, 15) is 4.39 Å². The summed E-state index contributed by atoms with van der Waals surface area (Å²) in [4.78, 5) is 0. The van der Waals surface area contributed by atoms with Crippen LogP contribution in [0.2, 0.25) is 0 Å². The normalized spacial score (nSPS) is 12.2. The summed E-state index contributed by atoms with van der Waals surface area (Å²) in [6.45, 7) is -0.492. The zero-order valence-electron chi connectivity index (χ0n) is 6.74. The number of aliphatic hydroxyl groups is 2. The smallest absolute Gasteiger partial charge is 0.124 e. The molecule has 68 valence electrons. The van der Waals surface area contributed by atoms with Crippen molar-refractivity contribution >= 4 is 0 Å². The largest absolute Gasteiger partial charge is 0.393 e. The molecule has 0 saturated heterocycles. The Balaban J connectivity index is 3.10. The molecule has 1 aromatic rings. The standard InChI is InChI=1S/C9H8FNO2/c10-8-2-6(4-11)1-7(3-8)9(13)5-12/h1-3,9,12-13H,5H2/t9-/m1/s1. The van der Waals surface area contributed by atoms with Crippen molar-refractivity contribution in [1.82, 2.24) is 0 Å². The Morgan fingerprint density at radius 1 is 1.46 bits per heavy atom. The molecule has 1 rings (SSSR count). The summed E-state index contributed by atoms with van der Waals surface area (Å²) in [6, 6.07) is 5.24. The van der Waals surface area contributed by atoms with E-state index in [4.69, 9.17) is 15.5 Å². The molecular formula is C9H8FNO2. The third kappa shape index (κ3) is 2.25. The van der Waals surface area contributed by atoms with Gasteiger partial charge < -0.3 is 10.2 Å². The second kappa shape index (κ2) is 3.99. The highest BCUT2D eigenvalue weighted by molar-refractivity contribution is 5.34. The molecule has 0 bridgehead atoms. The van der Waals surface area contributed by atoms with E-state index < -0.39 is 18.5 Å². The fraction of sp³-hybridized carbons (Fsp3) is 0.222. The Kier molecular flexibility index (Phi) is 2.96. The van der Waals surface area contributed by atoms with Crippen LogP contribution in [-0.4, -0.2) is 16.8 Å². The third-order valence-corrected chi connectivity index (χ3v) is 1.61. The first-order chi connectivity index (χ1) is 6.17. The van der Waals surface area contributed by atoms with Crippen molar-refractivity contribution in [2.45, 2.75) is 6.10 Å². The van der Waals surface area contributed by atoms with Crippen LogP contribution < -0.4 is 0 Å². The van der Waals surface area contributed by atoms with E-state index in [-0.39, 0.29) is 11.1 Å². The van der Waals surface area contributed by atoms with Crippen molar-refractivity contribution < 1.29 is 14.6 Å². The van der Waals surface area contributed by atoms with E-state index in [0.717, 1.165) is 12.1 Å². The van der Waals surface area contributed by atoms with Crippen LogP contribution >= 0.6 is 0 Å². The number of rotatable bonds is 2. The average Bonchev–Trinajstić information content (AvgIpc) is 2.15. The van der Waals surface area contributed by atoms with Crippen LogP contribution in [0, 0.1) is 17.1 Å². The molecule has 0 aliphatic heterocycles. The van der Waals surface area contributed by atoms with E-state index in [2.05, 4.69) is 0 Å². The lowest BCUT2D eigenvalue weighted by Crippen LogP contribution is -2.03. The van der Waals surface area contributed by atoms with E-state index >= 15 is 0 Å². The molecule has 0 saturated carbocycles. The van der Waals surface area contributed by atoms with E-state index in [0.29, 0.717) is 0 Å². The second-order valence-corrected chi connectivity index (χ2v) is 2.58. The molecule has 0 spiro atoms. The second-order valence-electron chi connectivity index (χ2n) is 2.58. The molecule has 4 heteroatoms. The van der Waals surface area contributed by atoms with Crippen molar-refractivity contribution in [2.75, 3.05) is 6.61 Å². The van der Waals surface area contributed by atoms with Gasteiger partial charge in [0.05, 0.1) is 18.2 Å². The molecule has 0 aromatic heterocycles. The van der Waals surface area contributed by atoms with Crippen LogP contribution in [0.4, 0.5) is 4.39 Å². The lowest BCUT2D eigenvalue weighted by molar-refractivity contribution is 0.0953. The number of hydrogen-bond acceptors (Lipinski definition) is 3. The van der Waals surface area contributed by atoms with Crippen molar-refractivity contribution in [1.29, 1.82) is 5.26 Å². The Morgan fingerprint density at radius 3 is 2.69 bits per heavy atom. The molecule has 0 unspecified atom stereocenters. The number of halogens is 1. The fourth-order valence-corrected chi connectivity index (χ4v) is 0.975. The highest BCUT2D eigenvalue weighted by Crippen LogP contribution is 2.15. The van der Waals surface area contributed by atoms with Gasteiger partial charge in [0.1, 0.15) is 11.9 Å². The topological polar surface area (TPSA) is 64.2 Å². The minimum Gasteiger partial charge on any atom is -0.393 e. The molecule has 0 heterocycles. The number of hydrogen-bond donors (Lipinski definition) is 2. The van der Waals surface area contributed by atoms with E-state index in [1.54, 1.807) is 6.07 Å². The zero-order valence-corrected chi connectivity index (χ0v) is 6.74. The molecule has 0 radical (unpaired) electrons. The van der Waals surface area contributed by atoms with Crippen LogP contribution in [-0.2, 0) is 0 Å². The van der Waals surface area contributed by atoms with E-state index in [1.165, 1.54) is 6.07 Å². The molecule has 3 nitrogen and oxygen atoms in total. The SMILES string of the molecule is N#Cc1cc(F)cc([C@H](O)CO)c1. The van der Waals surface area contributed by atoms with Gasteiger partial charge in [-0.05, 0) is 23.8 Å². The number of benzene rings is 1. The predicted octanol–water partition coefficient (Wildman–Crippen LogP) is 0.723. The van der Waals surface area contributed by atoms with Crippen LogP contribution in [0.15, 0.2) is 18.2 Å². The third-order valence-electron chi connectivity index (χ3n) is 1.61. The highest BCUT2D eigenvalue weighted by Gasteiger charge is 2.08. The van der Waals surface area contributed by atoms with Crippen molar-refractivity contribution in [3.63, 3.8) is 0 Å². The predicted molar refractivity (Wildman–Crippen MR) is 43.2 cm³/mol. The Labute approximate surface area is 74.7 Å². The van der Waals surface area contributed by atoms with E-state index in [1.807, 2.05) is 0 Å². The van der Waals surface area contributed by atoms with Gasteiger partial charge >= 0.3 is 0 Å². The quantitative estimate of drug-likeness (QED) is 0.706. The Morgan fingerprint density at radius 2 is 2.15 bits per heavy atom. The maximum atomic E-state index is 12.8. The van der Waals surface area contributed by atoms with Gasteiger partial charge in [-0.15, -0.1) is 0 Å². The molecule has 0 aliphatic carbocycles. The zero-order chi connectivity index (χ0) is 9.84.